The highest BCUT2D eigenvalue weighted by molar-refractivity contribution is 7.89. The number of amides is 1. The van der Waals surface area contributed by atoms with Gasteiger partial charge in [-0.2, -0.15) is 4.31 Å². The van der Waals surface area contributed by atoms with Gasteiger partial charge >= 0.3 is 0 Å². The van der Waals surface area contributed by atoms with Crippen LogP contribution >= 0.6 is 0 Å². The van der Waals surface area contributed by atoms with Gasteiger partial charge in [-0.05, 0) is 50.2 Å². The number of piperazine rings is 1. The molecule has 1 aromatic rings. The molecule has 162 valence electrons. The average Bonchev–Trinajstić information content (AvgIpc) is 3.21. The fourth-order valence-corrected chi connectivity index (χ4v) is 5.49. The van der Waals surface area contributed by atoms with E-state index >= 15 is 0 Å². The number of sulfonamides is 1. The average molecular weight is 425 g/mol. The summed E-state index contributed by atoms with van der Waals surface area (Å²) >= 11 is 0. The van der Waals surface area contributed by atoms with Crippen LogP contribution in [0.3, 0.4) is 0 Å². The molecule has 2 aliphatic rings. The van der Waals surface area contributed by atoms with Gasteiger partial charge in [0.25, 0.3) is 0 Å². The molecule has 9 heteroatoms. The lowest BCUT2D eigenvalue weighted by atomic mass is 10.2. The molecule has 1 aromatic carbocycles. The third-order valence-electron chi connectivity index (χ3n) is 5.80. The maximum Gasteiger partial charge on any atom is 0.243 e. The predicted molar refractivity (Wildman–Crippen MR) is 111 cm³/mol. The molecule has 2 heterocycles. The van der Waals surface area contributed by atoms with Crippen molar-refractivity contribution in [3.8, 4) is 5.75 Å². The highest BCUT2D eigenvalue weighted by atomic mass is 32.2. The Morgan fingerprint density at radius 1 is 1.21 bits per heavy atom. The SMILES string of the molecule is CCN1CCCC1CN(CC(=O)N1CCNCC1)S(=O)(=O)c1ccc(OC)cc1. The van der Waals surface area contributed by atoms with Gasteiger partial charge in [0.1, 0.15) is 5.75 Å². The maximum atomic E-state index is 13.4. The zero-order chi connectivity index (χ0) is 20.9. The molecule has 0 aliphatic carbocycles. The molecular weight excluding hydrogens is 392 g/mol. The van der Waals surface area contributed by atoms with Crippen molar-refractivity contribution in [3.63, 3.8) is 0 Å². The summed E-state index contributed by atoms with van der Waals surface area (Å²) in [5.41, 5.74) is 0. The number of hydrogen-bond acceptors (Lipinski definition) is 6. The molecule has 29 heavy (non-hydrogen) atoms. The number of ether oxygens (including phenoxy) is 1. The van der Waals surface area contributed by atoms with Gasteiger partial charge in [0.2, 0.25) is 15.9 Å². The molecule has 1 unspecified atom stereocenters. The topological polar surface area (TPSA) is 82.2 Å². The van der Waals surface area contributed by atoms with E-state index < -0.39 is 10.0 Å². The van der Waals surface area contributed by atoms with Gasteiger partial charge in [0, 0.05) is 38.8 Å². The number of nitrogens with zero attached hydrogens (tertiary/aromatic N) is 3. The number of methoxy groups -OCH3 is 1. The lowest BCUT2D eigenvalue weighted by Crippen LogP contribution is -2.52. The Morgan fingerprint density at radius 2 is 1.90 bits per heavy atom. The van der Waals surface area contributed by atoms with Crippen LogP contribution in [0.4, 0.5) is 0 Å². The Morgan fingerprint density at radius 3 is 2.52 bits per heavy atom. The highest BCUT2D eigenvalue weighted by Gasteiger charge is 2.34. The van der Waals surface area contributed by atoms with E-state index in [9.17, 15) is 13.2 Å². The van der Waals surface area contributed by atoms with Crippen LogP contribution in [0.15, 0.2) is 29.2 Å². The van der Waals surface area contributed by atoms with Crippen molar-refractivity contribution in [2.75, 3.05) is 59.5 Å². The van der Waals surface area contributed by atoms with Crippen LogP contribution in [0.2, 0.25) is 0 Å². The van der Waals surface area contributed by atoms with Crippen LogP contribution in [0, 0.1) is 0 Å². The number of likely N-dealkylation sites (N-methyl/N-ethyl adjacent to an activating group) is 1. The molecule has 3 rings (SSSR count). The van der Waals surface area contributed by atoms with Crippen molar-refractivity contribution in [3.05, 3.63) is 24.3 Å². The predicted octanol–water partition coefficient (Wildman–Crippen LogP) is 0.602. The third-order valence-corrected chi connectivity index (χ3v) is 7.62. The van der Waals surface area contributed by atoms with E-state index in [0.29, 0.717) is 25.4 Å². The van der Waals surface area contributed by atoms with Gasteiger partial charge in [-0.15, -0.1) is 0 Å². The van der Waals surface area contributed by atoms with Crippen LogP contribution in [0.5, 0.6) is 5.75 Å². The molecule has 0 spiro atoms. The second-order valence-electron chi connectivity index (χ2n) is 7.53. The van der Waals surface area contributed by atoms with Crippen molar-refractivity contribution < 1.29 is 17.9 Å². The Bertz CT molecular complexity index is 778. The highest BCUT2D eigenvalue weighted by Crippen LogP contribution is 2.23. The molecule has 2 saturated heterocycles. The van der Waals surface area contributed by atoms with E-state index in [4.69, 9.17) is 4.74 Å². The standard InChI is InChI=1S/C20H32N4O4S/c1-3-22-12-4-5-17(22)15-24(16-20(25)23-13-10-21-11-14-23)29(26,27)19-8-6-18(28-2)7-9-19/h6-9,17,21H,3-5,10-16H2,1-2H3. The fourth-order valence-electron chi connectivity index (χ4n) is 4.06. The Labute approximate surface area is 173 Å². The van der Waals surface area contributed by atoms with Crippen molar-refractivity contribution in [1.29, 1.82) is 0 Å². The third kappa shape index (κ3) is 5.28. The van der Waals surface area contributed by atoms with Gasteiger partial charge in [-0.1, -0.05) is 6.92 Å². The minimum atomic E-state index is -3.79. The molecular formula is C20H32N4O4S. The quantitative estimate of drug-likeness (QED) is 0.658. The zero-order valence-corrected chi connectivity index (χ0v) is 18.2. The summed E-state index contributed by atoms with van der Waals surface area (Å²) < 4.78 is 33.3. The van der Waals surface area contributed by atoms with E-state index in [1.54, 1.807) is 36.3 Å². The summed E-state index contributed by atoms with van der Waals surface area (Å²) in [4.78, 5) is 17.1. The van der Waals surface area contributed by atoms with Gasteiger partial charge in [0.05, 0.1) is 18.6 Å². The minimum Gasteiger partial charge on any atom is -0.497 e. The number of rotatable bonds is 8. The molecule has 0 saturated carbocycles. The second kappa shape index (κ2) is 9.88. The smallest absolute Gasteiger partial charge is 0.243 e. The molecule has 1 amide bonds. The van der Waals surface area contributed by atoms with E-state index in [2.05, 4.69) is 17.1 Å². The number of benzene rings is 1. The number of carbonyl (C=O) groups is 1. The molecule has 0 bridgehead atoms. The molecule has 0 radical (unpaired) electrons. The van der Waals surface area contributed by atoms with Crippen LogP contribution in [0.1, 0.15) is 19.8 Å². The first-order valence-corrected chi connectivity index (χ1v) is 11.8. The van der Waals surface area contributed by atoms with Crippen LogP contribution in [-0.4, -0.2) is 93.9 Å². The fraction of sp³-hybridized carbons (Fsp3) is 0.650. The molecule has 0 aromatic heterocycles. The first kappa shape index (κ1) is 22.0. The zero-order valence-electron chi connectivity index (χ0n) is 17.3. The number of carbonyl (C=O) groups excluding carboxylic acids is 1. The van der Waals surface area contributed by atoms with Crippen LogP contribution in [0.25, 0.3) is 0 Å². The number of likely N-dealkylation sites (tertiary alicyclic amines) is 1. The van der Waals surface area contributed by atoms with E-state index in [-0.39, 0.29) is 23.4 Å². The van der Waals surface area contributed by atoms with Gasteiger partial charge in [0.15, 0.2) is 0 Å². The lowest BCUT2D eigenvalue weighted by Gasteiger charge is -2.32. The van der Waals surface area contributed by atoms with Crippen LogP contribution < -0.4 is 10.1 Å². The van der Waals surface area contributed by atoms with Crippen molar-refractivity contribution >= 4 is 15.9 Å². The molecule has 2 fully saturated rings. The Balaban J connectivity index is 1.82. The maximum absolute atomic E-state index is 13.4. The van der Waals surface area contributed by atoms with Gasteiger partial charge in [-0.25, -0.2) is 8.42 Å². The molecule has 1 N–H and O–H groups in total. The Hall–Kier alpha value is -1.68. The summed E-state index contributed by atoms with van der Waals surface area (Å²) in [5, 5.41) is 3.22. The first-order chi connectivity index (χ1) is 14.0. The minimum absolute atomic E-state index is 0.123. The Kier molecular flexibility index (Phi) is 7.50. The summed E-state index contributed by atoms with van der Waals surface area (Å²) in [6.07, 6.45) is 2.00. The van der Waals surface area contributed by atoms with Crippen molar-refractivity contribution in [2.24, 2.45) is 0 Å². The van der Waals surface area contributed by atoms with Crippen molar-refractivity contribution in [1.82, 2.24) is 19.4 Å². The van der Waals surface area contributed by atoms with Crippen molar-refractivity contribution in [2.45, 2.75) is 30.7 Å². The van der Waals surface area contributed by atoms with Crippen LogP contribution in [-0.2, 0) is 14.8 Å². The largest absolute Gasteiger partial charge is 0.497 e. The summed E-state index contributed by atoms with van der Waals surface area (Å²) in [7, 11) is -2.25. The number of hydrogen-bond donors (Lipinski definition) is 1. The monoisotopic (exact) mass is 424 g/mol. The van der Waals surface area contributed by atoms with E-state index in [1.807, 2.05) is 0 Å². The summed E-state index contributed by atoms with van der Waals surface area (Å²) in [5.74, 6) is 0.463. The lowest BCUT2D eigenvalue weighted by molar-refractivity contribution is -0.132. The first-order valence-electron chi connectivity index (χ1n) is 10.3. The van der Waals surface area contributed by atoms with E-state index in [0.717, 1.165) is 39.0 Å². The van der Waals surface area contributed by atoms with E-state index in [1.165, 1.54) is 4.31 Å². The summed E-state index contributed by atoms with van der Waals surface area (Å²) in [6.45, 7) is 6.86. The normalized spacial score (nSPS) is 20.9. The number of nitrogens with one attached hydrogen (secondary N) is 1. The van der Waals surface area contributed by atoms with Gasteiger partial charge < -0.3 is 15.0 Å². The molecule has 1 atom stereocenters. The molecule has 2 aliphatic heterocycles. The second-order valence-corrected chi connectivity index (χ2v) is 9.47. The molecule has 8 nitrogen and oxygen atoms in total. The van der Waals surface area contributed by atoms with Gasteiger partial charge in [-0.3, -0.25) is 9.69 Å². The summed E-state index contributed by atoms with van der Waals surface area (Å²) in [6, 6.07) is 6.50.